The lowest BCUT2D eigenvalue weighted by atomic mass is 10.1. The van der Waals surface area contributed by atoms with E-state index < -0.39 is 0 Å². The third-order valence-electron chi connectivity index (χ3n) is 4.40. The molecule has 1 amide bonds. The number of nitrogens with zero attached hydrogens (tertiary/aromatic N) is 2. The Morgan fingerprint density at radius 3 is 2.52 bits per heavy atom. The van der Waals surface area contributed by atoms with Crippen LogP contribution in [0.2, 0.25) is 0 Å². The number of anilines is 3. The van der Waals surface area contributed by atoms with Crippen LogP contribution in [0.15, 0.2) is 66.9 Å². The number of carbonyl (C=O) groups excluding carboxylic acids is 1. The van der Waals surface area contributed by atoms with Gasteiger partial charge in [-0.1, -0.05) is 18.2 Å². The van der Waals surface area contributed by atoms with Crippen LogP contribution in [0.25, 0.3) is 10.9 Å². The summed E-state index contributed by atoms with van der Waals surface area (Å²) in [5.74, 6) is 1.67. The minimum atomic E-state index is -0.142. The summed E-state index contributed by atoms with van der Waals surface area (Å²) in [5, 5.41) is 15.2. The summed E-state index contributed by atoms with van der Waals surface area (Å²) < 4.78 is 5.43. The Morgan fingerprint density at radius 2 is 1.76 bits per heavy atom. The van der Waals surface area contributed by atoms with Gasteiger partial charge in [-0.2, -0.15) is 0 Å². The van der Waals surface area contributed by atoms with Crippen LogP contribution in [0.5, 0.6) is 5.75 Å². The first-order chi connectivity index (χ1) is 14.2. The molecule has 4 rings (SSSR count). The Labute approximate surface area is 168 Å². The third kappa shape index (κ3) is 4.52. The lowest BCUT2D eigenvalue weighted by molar-refractivity contribution is -0.115. The molecule has 7 heteroatoms. The number of H-pyrrole nitrogens is 1. The predicted molar refractivity (Wildman–Crippen MR) is 114 cm³/mol. The second kappa shape index (κ2) is 8.43. The summed E-state index contributed by atoms with van der Waals surface area (Å²) in [6, 6.07) is 19.0. The molecule has 0 saturated heterocycles. The van der Waals surface area contributed by atoms with Crippen molar-refractivity contribution >= 4 is 34.1 Å². The zero-order chi connectivity index (χ0) is 20.1. The Hall–Kier alpha value is -3.87. The van der Waals surface area contributed by atoms with E-state index in [-0.39, 0.29) is 12.3 Å². The number of nitrogens with one attached hydrogen (secondary N) is 3. The monoisotopic (exact) mass is 387 g/mol. The molecule has 2 aromatic carbocycles. The highest BCUT2D eigenvalue weighted by Crippen LogP contribution is 2.20. The Bertz CT molecular complexity index is 1100. The van der Waals surface area contributed by atoms with Crippen molar-refractivity contribution < 1.29 is 9.53 Å². The number of benzene rings is 2. The van der Waals surface area contributed by atoms with Gasteiger partial charge in [0.15, 0.2) is 11.6 Å². The van der Waals surface area contributed by atoms with Crippen LogP contribution in [0.4, 0.5) is 17.3 Å². The Balaban J connectivity index is 1.35. The van der Waals surface area contributed by atoms with E-state index in [0.717, 1.165) is 27.9 Å². The zero-order valence-corrected chi connectivity index (χ0v) is 16.0. The van der Waals surface area contributed by atoms with Crippen LogP contribution in [0.3, 0.4) is 0 Å². The van der Waals surface area contributed by atoms with E-state index in [4.69, 9.17) is 4.74 Å². The number of fused-ring (bicyclic) bond motifs is 1. The van der Waals surface area contributed by atoms with E-state index in [1.165, 1.54) is 0 Å². The second-order valence-electron chi connectivity index (χ2n) is 6.47. The van der Waals surface area contributed by atoms with Crippen molar-refractivity contribution in [1.82, 2.24) is 15.2 Å². The van der Waals surface area contributed by atoms with E-state index in [0.29, 0.717) is 18.2 Å². The van der Waals surface area contributed by atoms with Crippen molar-refractivity contribution in [2.75, 3.05) is 17.2 Å². The fourth-order valence-electron chi connectivity index (χ4n) is 3.05. The highest BCUT2D eigenvalue weighted by atomic mass is 16.5. The molecule has 0 aliphatic rings. The van der Waals surface area contributed by atoms with Crippen LogP contribution in [0, 0.1) is 0 Å². The van der Waals surface area contributed by atoms with Crippen LogP contribution >= 0.6 is 0 Å². The normalized spacial score (nSPS) is 10.7. The maximum atomic E-state index is 12.4. The average Bonchev–Trinajstić information content (AvgIpc) is 3.14. The van der Waals surface area contributed by atoms with Crippen molar-refractivity contribution in [2.45, 2.75) is 13.3 Å². The van der Waals surface area contributed by atoms with E-state index >= 15 is 0 Å². The fourth-order valence-corrected chi connectivity index (χ4v) is 3.05. The van der Waals surface area contributed by atoms with Crippen molar-refractivity contribution in [3.05, 3.63) is 72.4 Å². The average molecular weight is 387 g/mol. The summed E-state index contributed by atoms with van der Waals surface area (Å²) >= 11 is 0. The molecule has 0 saturated carbocycles. The molecule has 2 heterocycles. The molecule has 3 N–H and O–H groups in total. The minimum absolute atomic E-state index is 0.142. The molecular formula is C22H21N5O2. The molecule has 0 unspecified atom stereocenters. The standard InChI is InChI=1S/C22H21N5O2/c1-2-29-17-9-7-16(8-10-17)24-20-11-12-21(27-26-20)25-22(28)13-15-14-23-19-6-4-3-5-18(15)19/h3-12,14,23H,2,13H2,1H3,(H,24,26)(H,25,27,28). The number of hydrogen-bond donors (Lipinski definition) is 3. The van der Waals surface area contributed by atoms with Crippen molar-refractivity contribution in [1.29, 1.82) is 0 Å². The second-order valence-corrected chi connectivity index (χ2v) is 6.47. The van der Waals surface area contributed by atoms with Crippen LogP contribution < -0.4 is 15.4 Å². The summed E-state index contributed by atoms with van der Waals surface area (Å²) in [5.41, 5.74) is 2.83. The summed E-state index contributed by atoms with van der Waals surface area (Å²) in [4.78, 5) is 15.5. The maximum absolute atomic E-state index is 12.4. The van der Waals surface area contributed by atoms with Gasteiger partial charge in [-0.05, 0) is 55.0 Å². The summed E-state index contributed by atoms with van der Waals surface area (Å²) in [6.07, 6.45) is 2.12. The van der Waals surface area contributed by atoms with E-state index in [2.05, 4.69) is 25.8 Å². The molecule has 0 bridgehead atoms. The van der Waals surface area contributed by atoms with Crippen molar-refractivity contribution in [3.8, 4) is 5.75 Å². The first-order valence-electron chi connectivity index (χ1n) is 9.40. The molecule has 0 atom stereocenters. The van der Waals surface area contributed by atoms with E-state index in [1.54, 1.807) is 12.1 Å². The fraction of sp³-hybridized carbons (Fsp3) is 0.136. The highest BCUT2D eigenvalue weighted by molar-refractivity contribution is 5.95. The zero-order valence-electron chi connectivity index (χ0n) is 16.0. The lowest BCUT2D eigenvalue weighted by Crippen LogP contribution is -2.15. The number of carbonyl (C=O) groups is 1. The Kier molecular flexibility index (Phi) is 5.38. The van der Waals surface area contributed by atoms with E-state index in [9.17, 15) is 4.79 Å². The number of hydrogen-bond acceptors (Lipinski definition) is 5. The van der Waals surface area contributed by atoms with Crippen LogP contribution in [-0.4, -0.2) is 27.7 Å². The van der Waals surface area contributed by atoms with Crippen molar-refractivity contribution in [3.63, 3.8) is 0 Å². The number of aromatic amines is 1. The first-order valence-corrected chi connectivity index (χ1v) is 9.40. The molecule has 7 nitrogen and oxygen atoms in total. The van der Waals surface area contributed by atoms with Gasteiger partial charge in [0.05, 0.1) is 13.0 Å². The predicted octanol–water partition coefficient (Wildman–Crippen LogP) is 4.28. The summed E-state index contributed by atoms with van der Waals surface area (Å²) in [7, 11) is 0. The van der Waals surface area contributed by atoms with Crippen LogP contribution in [0.1, 0.15) is 12.5 Å². The van der Waals surface area contributed by atoms with Gasteiger partial charge in [0.25, 0.3) is 0 Å². The molecule has 0 aliphatic heterocycles. The van der Waals surface area contributed by atoms with Gasteiger partial charge >= 0.3 is 0 Å². The van der Waals surface area contributed by atoms with Crippen molar-refractivity contribution in [2.24, 2.45) is 0 Å². The van der Waals surface area contributed by atoms with Gasteiger partial charge in [0, 0.05) is 22.8 Å². The van der Waals surface area contributed by atoms with E-state index in [1.807, 2.05) is 61.7 Å². The van der Waals surface area contributed by atoms with Gasteiger partial charge in [0.2, 0.25) is 5.91 Å². The quantitative estimate of drug-likeness (QED) is 0.440. The number of ether oxygens (including phenoxy) is 1. The molecular weight excluding hydrogens is 366 g/mol. The smallest absolute Gasteiger partial charge is 0.230 e. The molecule has 4 aromatic rings. The molecule has 0 fully saturated rings. The number of para-hydroxylation sites is 1. The number of aromatic nitrogens is 3. The van der Waals surface area contributed by atoms with Gasteiger partial charge in [-0.25, -0.2) is 0 Å². The molecule has 0 spiro atoms. The highest BCUT2D eigenvalue weighted by Gasteiger charge is 2.10. The number of amides is 1. The van der Waals surface area contributed by atoms with Gasteiger partial charge in [-0.3, -0.25) is 4.79 Å². The Morgan fingerprint density at radius 1 is 1.00 bits per heavy atom. The van der Waals surface area contributed by atoms with Crippen LogP contribution in [-0.2, 0) is 11.2 Å². The third-order valence-corrected chi connectivity index (χ3v) is 4.40. The summed E-state index contributed by atoms with van der Waals surface area (Å²) in [6.45, 7) is 2.58. The SMILES string of the molecule is CCOc1ccc(Nc2ccc(NC(=O)Cc3c[nH]c4ccccc34)nn2)cc1. The topological polar surface area (TPSA) is 91.9 Å². The van der Waals surface area contributed by atoms with Gasteiger partial charge < -0.3 is 20.4 Å². The largest absolute Gasteiger partial charge is 0.494 e. The van der Waals surface area contributed by atoms with Gasteiger partial charge in [0.1, 0.15) is 5.75 Å². The molecule has 29 heavy (non-hydrogen) atoms. The lowest BCUT2D eigenvalue weighted by Gasteiger charge is -2.08. The number of rotatable bonds is 7. The molecule has 0 radical (unpaired) electrons. The maximum Gasteiger partial charge on any atom is 0.230 e. The molecule has 146 valence electrons. The molecule has 0 aliphatic carbocycles. The first kappa shape index (κ1) is 18.5. The molecule has 2 aromatic heterocycles. The minimum Gasteiger partial charge on any atom is -0.494 e. The van der Waals surface area contributed by atoms with Gasteiger partial charge in [-0.15, -0.1) is 10.2 Å².